The zero-order chi connectivity index (χ0) is 32.0. The molecular weight excluding hydrogens is 608 g/mol. The van der Waals surface area contributed by atoms with Gasteiger partial charge in [-0.3, -0.25) is 9.59 Å². The highest BCUT2D eigenvalue weighted by Gasteiger charge is 2.41. The molecule has 3 aromatic carbocycles. The molecule has 2 saturated heterocycles. The van der Waals surface area contributed by atoms with Gasteiger partial charge in [-0.1, -0.05) is 78.5 Å². The number of aliphatic hydroxyl groups is 1. The van der Waals surface area contributed by atoms with Crippen LogP contribution in [0.1, 0.15) is 47.5 Å². The Balaban J connectivity index is 1.12. The number of carbonyl (C=O) groups excluding carboxylic acids is 3. The SMILES string of the molecule is Cn1ccnc1SC[C@H]1C[C@@H](c2ccc(CO)cc2)O[C@@H](c2ccc(N3C(=O)CC(NC(=O)OCc4ccccc4)C3=O)cc2)O1. The summed E-state index contributed by atoms with van der Waals surface area (Å²) in [5.41, 5.74) is 3.71. The lowest BCUT2D eigenvalue weighted by Gasteiger charge is -2.36. The Morgan fingerprint density at radius 2 is 1.74 bits per heavy atom. The number of carbonyl (C=O) groups is 3. The number of benzene rings is 3. The van der Waals surface area contributed by atoms with Gasteiger partial charge in [-0.15, -0.1) is 0 Å². The molecule has 3 amide bonds. The number of ether oxygens (including phenoxy) is 3. The van der Waals surface area contributed by atoms with E-state index < -0.39 is 30.2 Å². The average Bonchev–Trinajstić information content (AvgIpc) is 3.63. The van der Waals surface area contributed by atoms with Crippen LogP contribution in [0.3, 0.4) is 0 Å². The summed E-state index contributed by atoms with van der Waals surface area (Å²) >= 11 is 1.60. The summed E-state index contributed by atoms with van der Waals surface area (Å²) in [6.07, 6.45) is 2.24. The Morgan fingerprint density at radius 1 is 1.00 bits per heavy atom. The fourth-order valence-electron chi connectivity index (χ4n) is 5.38. The molecule has 46 heavy (non-hydrogen) atoms. The maximum Gasteiger partial charge on any atom is 0.408 e. The van der Waals surface area contributed by atoms with Crippen LogP contribution in [0.15, 0.2) is 96.4 Å². The first kappa shape index (κ1) is 31.5. The second-order valence-corrected chi connectivity index (χ2v) is 12.1. The number of anilines is 1. The number of nitrogens with one attached hydrogen (secondary N) is 1. The van der Waals surface area contributed by atoms with Gasteiger partial charge in [0, 0.05) is 37.2 Å². The summed E-state index contributed by atoms with van der Waals surface area (Å²) in [5, 5.41) is 12.9. The molecule has 0 bridgehead atoms. The third-order valence-electron chi connectivity index (χ3n) is 7.87. The molecule has 3 heterocycles. The van der Waals surface area contributed by atoms with Crippen molar-refractivity contribution in [3.63, 3.8) is 0 Å². The van der Waals surface area contributed by atoms with Crippen molar-refractivity contribution in [2.24, 2.45) is 7.05 Å². The zero-order valence-corrected chi connectivity index (χ0v) is 26.0. The number of aromatic nitrogens is 2. The van der Waals surface area contributed by atoms with E-state index in [9.17, 15) is 19.5 Å². The third kappa shape index (κ3) is 7.31. The van der Waals surface area contributed by atoms with E-state index in [0.717, 1.165) is 32.3 Å². The number of nitrogens with zero attached hydrogens (tertiary/aromatic N) is 3. The molecule has 4 atom stereocenters. The molecule has 2 fully saturated rings. The molecule has 0 saturated carbocycles. The van der Waals surface area contributed by atoms with E-state index in [1.165, 1.54) is 0 Å². The molecule has 1 unspecified atom stereocenters. The lowest BCUT2D eigenvalue weighted by Crippen LogP contribution is -2.42. The first-order chi connectivity index (χ1) is 22.4. The summed E-state index contributed by atoms with van der Waals surface area (Å²) in [6, 6.07) is 22.7. The molecule has 11 nitrogen and oxygen atoms in total. The number of hydrogen-bond donors (Lipinski definition) is 2. The molecule has 0 aliphatic carbocycles. The van der Waals surface area contributed by atoms with Crippen molar-refractivity contribution >= 4 is 35.4 Å². The molecule has 2 N–H and O–H groups in total. The molecule has 12 heteroatoms. The van der Waals surface area contributed by atoms with Crippen molar-refractivity contribution in [3.05, 3.63) is 114 Å². The third-order valence-corrected chi connectivity index (χ3v) is 9.06. The highest BCUT2D eigenvalue weighted by atomic mass is 32.2. The number of amides is 3. The molecule has 4 aromatic rings. The van der Waals surface area contributed by atoms with Crippen LogP contribution < -0.4 is 10.2 Å². The highest BCUT2D eigenvalue weighted by molar-refractivity contribution is 7.99. The van der Waals surface area contributed by atoms with Gasteiger partial charge in [-0.2, -0.15) is 0 Å². The van der Waals surface area contributed by atoms with Crippen LogP contribution in [0.4, 0.5) is 10.5 Å². The van der Waals surface area contributed by atoms with Gasteiger partial charge >= 0.3 is 6.09 Å². The molecular formula is C34H34N4O7S. The number of aryl methyl sites for hydroxylation is 1. The number of hydrogen-bond acceptors (Lipinski definition) is 9. The minimum atomic E-state index is -1.02. The molecule has 0 radical (unpaired) electrons. The van der Waals surface area contributed by atoms with Gasteiger partial charge in [-0.05, 0) is 28.8 Å². The number of aliphatic hydroxyl groups excluding tert-OH is 1. The van der Waals surface area contributed by atoms with Crippen LogP contribution in [0.2, 0.25) is 0 Å². The molecule has 238 valence electrons. The molecule has 6 rings (SSSR count). The minimum Gasteiger partial charge on any atom is -0.445 e. The number of imidazole rings is 1. The maximum absolute atomic E-state index is 13.2. The summed E-state index contributed by atoms with van der Waals surface area (Å²) in [4.78, 5) is 43.8. The fourth-order valence-corrected chi connectivity index (χ4v) is 6.33. The first-order valence-corrected chi connectivity index (χ1v) is 15.9. The average molecular weight is 643 g/mol. The summed E-state index contributed by atoms with van der Waals surface area (Å²) < 4.78 is 20.0. The monoisotopic (exact) mass is 642 g/mol. The van der Waals surface area contributed by atoms with E-state index in [4.69, 9.17) is 14.2 Å². The zero-order valence-electron chi connectivity index (χ0n) is 25.2. The van der Waals surface area contributed by atoms with Gasteiger partial charge in [0.05, 0.1) is 30.9 Å². The van der Waals surface area contributed by atoms with Crippen molar-refractivity contribution in [2.75, 3.05) is 10.7 Å². The highest BCUT2D eigenvalue weighted by Crippen LogP contribution is 2.40. The standard InChI is InChI=1S/C34H34N4O7S/c1-37-16-15-35-33(37)46-21-27-17-29(24-9-7-22(19-39)8-10-24)45-32(44-27)25-11-13-26(14-12-25)38-30(40)18-28(31(38)41)36-34(42)43-20-23-5-3-2-4-6-23/h2-16,27-29,32,39H,17-21H2,1H3,(H,36,42)/t27-,28?,29+,32+/m1/s1. The van der Waals surface area contributed by atoms with Crippen molar-refractivity contribution in [3.8, 4) is 0 Å². The number of thioether (sulfide) groups is 1. The second-order valence-electron chi connectivity index (χ2n) is 11.1. The molecule has 1 aromatic heterocycles. The van der Waals surface area contributed by atoms with Crippen LogP contribution in [0.5, 0.6) is 0 Å². The van der Waals surface area contributed by atoms with Crippen molar-refractivity contribution in [2.45, 2.75) is 55.8 Å². The lowest BCUT2D eigenvalue weighted by atomic mass is 10.0. The largest absolute Gasteiger partial charge is 0.445 e. The molecule has 2 aliphatic rings. The fraction of sp³-hybridized carbons (Fsp3) is 0.294. The normalized spacial score (nSPS) is 21.4. The molecule has 0 spiro atoms. The Bertz CT molecular complexity index is 1660. The summed E-state index contributed by atoms with van der Waals surface area (Å²) in [5.74, 6) is -0.293. The van der Waals surface area contributed by atoms with E-state index in [1.54, 1.807) is 42.2 Å². The topological polar surface area (TPSA) is 132 Å². The second kappa shape index (κ2) is 14.3. The van der Waals surface area contributed by atoms with Crippen molar-refractivity contribution < 1.29 is 33.7 Å². The lowest BCUT2D eigenvalue weighted by molar-refractivity contribution is -0.245. The van der Waals surface area contributed by atoms with E-state index >= 15 is 0 Å². The van der Waals surface area contributed by atoms with Crippen molar-refractivity contribution in [1.29, 1.82) is 0 Å². The van der Waals surface area contributed by atoms with E-state index in [-0.39, 0.29) is 31.8 Å². The van der Waals surface area contributed by atoms with Crippen LogP contribution >= 0.6 is 11.8 Å². The van der Waals surface area contributed by atoms with Gasteiger partial charge < -0.3 is 29.2 Å². The maximum atomic E-state index is 13.2. The predicted molar refractivity (Wildman–Crippen MR) is 169 cm³/mol. The van der Waals surface area contributed by atoms with Crippen LogP contribution in [0, 0.1) is 0 Å². The summed E-state index contributed by atoms with van der Waals surface area (Å²) in [7, 11) is 1.95. The Hall–Kier alpha value is -4.49. The Morgan fingerprint density at radius 3 is 2.43 bits per heavy atom. The molecule has 2 aliphatic heterocycles. The minimum absolute atomic E-state index is 0.0377. The smallest absolute Gasteiger partial charge is 0.408 e. The van der Waals surface area contributed by atoms with Gasteiger partial charge in [0.25, 0.3) is 5.91 Å². The van der Waals surface area contributed by atoms with Gasteiger partial charge in [0.1, 0.15) is 12.6 Å². The number of rotatable bonds is 10. The van der Waals surface area contributed by atoms with Crippen molar-refractivity contribution in [1.82, 2.24) is 14.9 Å². The van der Waals surface area contributed by atoms with E-state index in [1.807, 2.05) is 72.4 Å². The number of alkyl carbamates (subject to hydrolysis) is 1. The first-order valence-electron chi connectivity index (χ1n) is 14.9. The summed E-state index contributed by atoms with van der Waals surface area (Å²) in [6.45, 7) is 0.0133. The van der Waals surface area contributed by atoms with E-state index in [0.29, 0.717) is 17.9 Å². The van der Waals surface area contributed by atoms with Gasteiger partial charge in [0.2, 0.25) is 5.91 Å². The van der Waals surface area contributed by atoms with Gasteiger partial charge in [0.15, 0.2) is 11.4 Å². The van der Waals surface area contributed by atoms with Gasteiger partial charge in [-0.25, -0.2) is 14.7 Å². The quantitative estimate of drug-likeness (QED) is 0.185. The van der Waals surface area contributed by atoms with Crippen LogP contribution in [0.25, 0.3) is 0 Å². The predicted octanol–water partition coefficient (Wildman–Crippen LogP) is 4.81. The Labute approximate surface area is 270 Å². The van der Waals surface area contributed by atoms with Crippen LogP contribution in [-0.4, -0.2) is 50.5 Å². The van der Waals surface area contributed by atoms with Crippen LogP contribution in [-0.2, 0) is 44.1 Å². The number of imide groups is 1. The Kier molecular flexibility index (Phi) is 9.79. The van der Waals surface area contributed by atoms with E-state index in [2.05, 4.69) is 10.3 Å².